The van der Waals surface area contributed by atoms with Crippen LogP contribution in [0, 0.1) is 0 Å². The fourth-order valence-corrected chi connectivity index (χ4v) is 8.45. The third kappa shape index (κ3) is 49.3. The van der Waals surface area contributed by atoms with E-state index in [2.05, 4.69) is 20.8 Å². The van der Waals surface area contributed by atoms with Crippen molar-refractivity contribution in [2.75, 3.05) is 13.2 Å². The van der Waals surface area contributed by atoms with Crippen LogP contribution in [0.25, 0.3) is 0 Å². The van der Waals surface area contributed by atoms with E-state index in [4.69, 9.17) is 14.2 Å². The molecular weight excluding hydrogens is 757 g/mol. The monoisotopic (exact) mass is 863 g/mol. The van der Waals surface area contributed by atoms with Gasteiger partial charge < -0.3 is 14.2 Å². The van der Waals surface area contributed by atoms with Crippen LogP contribution in [0.2, 0.25) is 0 Å². The number of ether oxygens (including phenoxy) is 3. The van der Waals surface area contributed by atoms with Gasteiger partial charge in [0.2, 0.25) is 0 Å². The van der Waals surface area contributed by atoms with E-state index in [0.717, 1.165) is 57.8 Å². The fraction of sp³-hybridized carbons (Fsp3) is 0.945. The molecule has 6 nitrogen and oxygen atoms in total. The Morgan fingerprint density at radius 2 is 0.443 bits per heavy atom. The minimum absolute atomic E-state index is 0.0636. The van der Waals surface area contributed by atoms with E-state index in [1.54, 1.807) is 0 Å². The van der Waals surface area contributed by atoms with Crippen molar-refractivity contribution in [2.45, 2.75) is 322 Å². The van der Waals surface area contributed by atoms with Gasteiger partial charge in [-0.15, -0.1) is 0 Å². The van der Waals surface area contributed by atoms with Crippen molar-refractivity contribution in [3.63, 3.8) is 0 Å². The first-order chi connectivity index (χ1) is 30.0. The van der Waals surface area contributed by atoms with Gasteiger partial charge in [-0.25, -0.2) is 0 Å². The molecule has 0 N–H and O–H groups in total. The molecule has 0 saturated carbocycles. The molecule has 0 radical (unpaired) electrons. The Hall–Kier alpha value is -1.59. The maximum Gasteiger partial charge on any atom is 0.306 e. The summed E-state index contributed by atoms with van der Waals surface area (Å²) in [5.74, 6) is -0.861. The van der Waals surface area contributed by atoms with Gasteiger partial charge in [0.1, 0.15) is 13.2 Å². The standard InChI is InChI=1S/C55H106O6/c1-4-7-10-13-16-17-18-19-20-21-22-23-24-25-26-27-28-29-30-31-32-33-34-35-36-37-40-42-45-48-54(57)60-51-52(61-55(58)49-46-43-39-15-12-9-6-3)50-59-53(56)47-44-41-38-14-11-8-5-2/h52H,4-51H2,1-3H3. The molecule has 0 aromatic heterocycles. The summed E-state index contributed by atoms with van der Waals surface area (Å²) in [5.41, 5.74) is 0. The SMILES string of the molecule is CCCCCCCCCCCCCCCCCCCCCCCCCCCCCCCC(=O)OCC(COC(=O)CCCCCCCCC)OC(=O)CCCCCCCCC. The van der Waals surface area contributed by atoms with Crippen molar-refractivity contribution in [2.24, 2.45) is 0 Å². The average molecular weight is 863 g/mol. The van der Waals surface area contributed by atoms with Crippen LogP contribution in [0.5, 0.6) is 0 Å². The highest BCUT2D eigenvalue weighted by Crippen LogP contribution is 2.18. The molecule has 362 valence electrons. The van der Waals surface area contributed by atoms with Crippen molar-refractivity contribution in [1.29, 1.82) is 0 Å². The second-order valence-corrected chi connectivity index (χ2v) is 18.9. The summed E-state index contributed by atoms with van der Waals surface area (Å²) < 4.78 is 16.6. The zero-order valence-corrected chi connectivity index (χ0v) is 41.5. The number of rotatable bonds is 51. The van der Waals surface area contributed by atoms with Crippen molar-refractivity contribution in [3.05, 3.63) is 0 Å². The van der Waals surface area contributed by atoms with E-state index < -0.39 is 6.10 Å². The van der Waals surface area contributed by atoms with Crippen molar-refractivity contribution in [1.82, 2.24) is 0 Å². The van der Waals surface area contributed by atoms with E-state index in [0.29, 0.717) is 19.3 Å². The first kappa shape index (κ1) is 59.4. The third-order valence-corrected chi connectivity index (χ3v) is 12.6. The fourth-order valence-electron chi connectivity index (χ4n) is 8.45. The van der Waals surface area contributed by atoms with E-state index in [9.17, 15) is 14.4 Å². The normalized spacial score (nSPS) is 11.9. The lowest BCUT2D eigenvalue weighted by Gasteiger charge is -2.18. The van der Waals surface area contributed by atoms with Gasteiger partial charge in [-0.05, 0) is 19.3 Å². The van der Waals surface area contributed by atoms with Crippen LogP contribution < -0.4 is 0 Å². The number of carbonyl (C=O) groups is 3. The highest BCUT2D eigenvalue weighted by molar-refractivity contribution is 5.71. The zero-order chi connectivity index (χ0) is 44.4. The summed E-state index contributed by atoms with van der Waals surface area (Å²) >= 11 is 0. The lowest BCUT2D eigenvalue weighted by Crippen LogP contribution is -2.30. The smallest absolute Gasteiger partial charge is 0.306 e. The lowest BCUT2D eigenvalue weighted by atomic mass is 10.0. The van der Waals surface area contributed by atoms with Gasteiger partial charge in [0, 0.05) is 19.3 Å². The van der Waals surface area contributed by atoms with E-state index in [1.165, 1.54) is 218 Å². The predicted molar refractivity (Wildman–Crippen MR) is 261 cm³/mol. The lowest BCUT2D eigenvalue weighted by molar-refractivity contribution is -0.167. The average Bonchev–Trinajstić information content (AvgIpc) is 3.26. The number of carbonyl (C=O) groups excluding carboxylic acids is 3. The largest absolute Gasteiger partial charge is 0.462 e. The molecule has 0 amide bonds. The Kier molecular flexibility index (Phi) is 49.7. The van der Waals surface area contributed by atoms with Crippen LogP contribution in [0.1, 0.15) is 316 Å². The van der Waals surface area contributed by atoms with Crippen molar-refractivity contribution >= 4 is 17.9 Å². The molecule has 0 aliphatic heterocycles. The van der Waals surface area contributed by atoms with Gasteiger partial charge in [-0.2, -0.15) is 0 Å². The maximum atomic E-state index is 12.6. The summed E-state index contributed by atoms with van der Waals surface area (Å²) in [6, 6.07) is 0. The van der Waals surface area contributed by atoms with E-state index >= 15 is 0 Å². The topological polar surface area (TPSA) is 78.9 Å². The van der Waals surface area contributed by atoms with Crippen LogP contribution in [0.15, 0.2) is 0 Å². The Bertz CT molecular complexity index is 905. The maximum absolute atomic E-state index is 12.6. The highest BCUT2D eigenvalue weighted by atomic mass is 16.6. The second kappa shape index (κ2) is 51.0. The van der Waals surface area contributed by atoms with Crippen molar-refractivity contribution < 1.29 is 28.6 Å². The molecule has 0 aromatic rings. The molecule has 0 heterocycles. The van der Waals surface area contributed by atoms with Crippen molar-refractivity contribution in [3.8, 4) is 0 Å². The van der Waals surface area contributed by atoms with Gasteiger partial charge in [-0.3, -0.25) is 14.4 Å². The van der Waals surface area contributed by atoms with Crippen LogP contribution in [-0.4, -0.2) is 37.2 Å². The molecule has 0 saturated heterocycles. The second-order valence-electron chi connectivity index (χ2n) is 18.9. The molecular formula is C55H106O6. The van der Waals surface area contributed by atoms with Crippen LogP contribution in [0.3, 0.4) is 0 Å². The van der Waals surface area contributed by atoms with E-state index in [1.807, 2.05) is 0 Å². The number of hydrogen-bond donors (Lipinski definition) is 0. The molecule has 61 heavy (non-hydrogen) atoms. The molecule has 0 rings (SSSR count). The zero-order valence-electron chi connectivity index (χ0n) is 41.5. The molecule has 0 aliphatic carbocycles. The molecule has 1 atom stereocenters. The predicted octanol–water partition coefficient (Wildman–Crippen LogP) is 18.0. The first-order valence-electron chi connectivity index (χ1n) is 27.5. The number of esters is 3. The Morgan fingerprint density at radius 3 is 0.656 bits per heavy atom. The number of hydrogen-bond acceptors (Lipinski definition) is 6. The number of unbranched alkanes of at least 4 members (excludes halogenated alkanes) is 40. The molecule has 0 fully saturated rings. The van der Waals surface area contributed by atoms with Gasteiger partial charge in [0.15, 0.2) is 6.10 Å². The van der Waals surface area contributed by atoms with Crippen LogP contribution >= 0.6 is 0 Å². The van der Waals surface area contributed by atoms with Gasteiger partial charge in [0.05, 0.1) is 0 Å². The van der Waals surface area contributed by atoms with Crippen LogP contribution in [0.4, 0.5) is 0 Å². The molecule has 0 aliphatic rings. The molecule has 0 spiro atoms. The summed E-state index contributed by atoms with van der Waals surface area (Å²) in [6.07, 6.45) is 55.9. The Labute approximate surface area is 380 Å². The Balaban J connectivity index is 3.83. The minimum atomic E-state index is -0.757. The molecule has 6 heteroatoms. The third-order valence-electron chi connectivity index (χ3n) is 12.6. The summed E-state index contributed by atoms with van der Waals surface area (Å²) in [7, 11) is 0. The minimum Gasteiger partial charge on any atom is -0.462 e. The quantitative estimate of drug-likeness (QED) is 0.0344. The van der Waals surface area contributed by atoms with Crippen LogP contribution in [-0.2, 0) is 28.6 Å². The molecule has 0 bridgehead atoms. The molecule has 0 aromatic carbocycles. The summed E-state index contributed by atoms with van der Waals surface area (Å²) in [5, 5.41) is 0. The molecule has 1 unspecified atom stereocenters. The van der Waals surface area contributed by atoms with Gasteiger partial charge >= 0.3 is 17.9 Å². The Morgan fingerprint density at radius 1 is 0.262 bits per heavy atom. The summed E-state index contributed by atoms with van der Waals surface area (Å²) in [4.78, 5) is 37.5. The first-order valence-corrected chi connectivity index (χ1v) is 27.5. The summed E-state index contributed by atoms with van der Waals surface area (Å²) in [6.45, 7) is 6.59. The van der Waals surface area contributed by atoms with Gasteiger partial charge in [0.25, 0.3) is 0 Å². The highest BCUT2D eigenvalue weighted by Gasteiger charge is 2.19. The van der Waals surface area contributed by atoms with E-state index in [-0.39, 0.29) is 31.1 Å². The van der Waals surface area contributed by atoms with Gasteiger partial charge in [-0.1, -0.05) is 278 Å².